The highest BCUT2D eigenvalue weighted by Crippen LogP contribution is 2.26. The molecule has 0 heterocycles. The number of benzene rings is 1. The molecule has 5 nitrogen and oxygen atoms in total. The second-order valence-electron chi connectivity index (χ2n) is 4.73. The van der Waals surface area contributed by atoms with Gasteiger partial charge in [0.2, 0.25) is 5.91 Å². The summed E-state index contributed by atoms with van der Waals surface area (Å²) >= 11 is 0. The number of anilines is 2. The maximum Gasteiger partial charge on any atom is 0.226 e. The molecule has 5 heteroatoms. The fraction of sp³-hybridized carbons (Fsp3) is 0.500. The van der Waals surface area contributed by atoms with E-state index in [-0.39, 0.29) is 5.91 Å². The molecular weight excluding hydrogens is 244 g/mol. The minimum atomic E-state index is -0.105. The highest BCUT2D eigenvalue weighted by Gasteiger charge is 2.08. The van der Waals surface area contributed by atoms with Crippen molar-refractivity contribution in [2.24, 2.45) is 5.92 Å². The van der Waals surface area contributed by atoms with E-state index in [0.717, 1.165) is 0 Å². The lowest BCUT2D eigenvalue weighted by atomic mass is 10.2. The van der Waals surface area contributed by atoms with Crippen LogP contribution in [0.25, 0.3) is 0 Å². The number of nitrogens with one attached hydrogen (secondary N) is 1. The average Bonchev–Trinajstić information content (AvgIpc) is 2.36. The summed E-state index contributed by atoms with van der Waals surface area (Å²) in [6.07, 6.45) is 0.320. The quantitative estimate of drug-likeness (QED) is 0.586. The number of nitrogen functional groups attached to an aromatic ring is 1. The molecule has 1 amide bonds. The van der Waals surface area contributed by atoms with Crippen molar-refractivity contribution < 1.29 is 14.3 Å². The van der Waals surface area contributed by atoms with Crippen molar-refractivity contribution in [3.63, 3.8) is 0 Å². The predicted octanol–water partition coefficient (Wildman–Crippen LogP) is 2.28. The molecular formula is C14H22N2O3. The zero-order valence-corrected chi connectivity index (χ0v) is 11.7. The van der Waals surface area contributed by atoms with E-state index < -0.39 is 0 Å². The second kappa shape index (κ2) is 7.63. The summed E-state index contributed by atoms with van der Waals surface area (Å²) < 4.78 is 10.5. The van der Waals surface area contributed by atoms with Crippen molar-refractivity contribution in [3.05, 3.63) is 18.2 Å². The van der Waals surface area contributed by atoms with E-state index in [9.17, 15) is 4.79 Å². The number of methoxy groups -OCH3 is 1. The Morgan fingerprint density at radius 2 is 2.16 bits per heavy atom. The molecule has 0 saturated carbocycles. The van der Waals surface area contributed by atoms with Crippen LogP contribution in [0.3, 0.4) is 0 Å². The SMILES string of the molecule is COc1cc(N)ccc1NC(=O)CCOCC(C)C. The number of amides is 1. The van der Waals surface area contributed by atoms with Gasteiger partial charge in [0.15, 0.2) is 0 Å². The van der Waals surface area contributed by atoms with Crippen LogP contribution in [0, 0.1) is 5.92 Å². The van der Waals surface area contributed by atoms with Crippen LogP contribution < -0.4 is 15.8 Å². The first-order valence-electron chi connectivity index (χ1n) is 6.34. The molecule has 0 bridgehead atoms. The third-order valence-electron chi connectivity index (χ3n) is 2.42. The molecule has 19 heavy (non-hydrogen) atoms. The summed E-state index contributed by atoms with van der Waals surface area (Å²) in [5.74, 6) is 0.920. The van der Waals surface area contributed by atoms with Gasteiger partial charge in [0.1, 0.15) is 5.75 Å². The van der Waals surface area contributed by atoms with Crippen molar-refractivity contribution in [3.8, 4) is 5.75 Å². The molecule has 1 aromatic rings. The minimum Gasteiger partial charge on any atom is -0.494 e. The summed E-state index contributed by atoms with van der Waals surface area (Å²) in [5, 5.41) is 2.78. The number of rotatable bonds is 7. The van der Waals surface area contributed by atoms with Gasteiger partial charge in [0, 0.05) is 18.4 Å². The molecule has 0 aliphatic heterocycles. The molecule has 0 unspecified atom stereocenters. The first-order chi connectivity index (χ1) is 9.02. The van der Waals surface area contributed by atoms with Gasteiger partial charge in [-0.1, -0.05) is 13.8 Å². The zero-order valence-electron chi connectivity index (χ0n) is 11.7. The maximum atomic E-state index is 11.7. The normalized spacial score (nSPS) is 10.5. The number of hydrogen-bond acceptors (Lipinski definition) is 4. The molecule has 0 saturated heterocycles. The van der Waals surface area contributed by atoms with Crippen LogP contribution >= 0.6 is 0 Å². The van der Waals surface area contributed by atoms with E-state index in [1.54, 1.807) is 18.2 Å². The van der Waals surface area contributed by atoms with E-state index in [0.29, 0.717) is 42.7 Å². The van der Waals surface area contributed by atoms with Crippen LogP contribution in [0.15, 0.2) is 18.2 Å². The average molecular weight is 266 g/mol. The molecule has 106 valence electrons. The largest absolute Gasteiger partial charge is 0.494 e. The van der Waals surface area contributed by atoms with E-state index in [2.05, 4.69) is 19.2 Å². The van der Waals surface area contributed by atoms with Gasteiger partial charge in [-0.2, -0.15) is 0 Å². The Labute approximate surface area is 114 Å². The molecule has 1 rings (SSSR count). The molecule has 0 atom stereocenters. The smallest absolute Gasteiger partial charge is 0.226 e. The van der Waals surface area contributed by atoms with Gasteiger partial charge in [-0.3, -0.25) is 4.79 Å². The maximum absolute atomic E-state index is 11.7. The molecule has 0 spiro atoms. The third kappa shape index (κ3) is 5.61. The summed E-state index contributed by atoms with van der Waals surface area (Å²) in [7, 11) is 1.54. The Balaban J connectivity index is 2.44. The first-order valence-corrected chi connectivity index (χ1v) is 6.34. The third-order valence-corrected chi connectivity index (χ3v) is 2.42. The topological polar surface area (TPSA) is 73.6 Å². The molecule has 0 radical (unpaired) electrons. The molecule has 3 N–H and O–H groups in total. The standard InChI is InChI=1S/C14H22N2O3/c1-10(2)9-19-7-6-14(17)16-12-5-4-11(15)8-13(12)18-3/h4-5,8,10H,6-7,9,15H2,1-3H3,(H,16,17). The van der Waals surface area contributed by atoms with Crippen molar-refractivity contribution in [1.82, 2.24) is 0 Å². The van der Waals surface area contributed by atoms with Gasteiger partial charge >= 0.3 is 0 Å². The zero-order chi connectivity index (χ0) is 14.3. The van der Waals surface area contributed by atoms with Crippen molar-refractivity contribution >= 4 is 17.3 Å². The lowest BCUT2D eigenvalue weighted by Gasteiger charge is -2.11. The van der Waals surface area contributed by atoms with Crippen LogP contribution in [0.1, 0.15) is 20.3 Å². The van der Waals surface area contributed by atoms with Gasteiger partial charge in [-0.15, -0.1) is 0 Å². The fourth-order valence-electron chi connectivity index (χ4n) is 1.51. The number of ether oxygens (including phenoxy) is 2. The Bertz CT molecular complexity index is 419. The van der Waals surface area contributed by atoms with Crippen molar-refractivity contribution in [1.29, 1.82) is 0 Å². The first kappa shape index (κ1) is 15.3. The summed E-state index contributed by atoms with van der Waals surface area (Å²) in [6, 6.07) is 5.11. The number of nitrogens with two attached hydrogens (primary N) is 1. The lowest BCUT2D eigenvalue weighted by Crippen LogP contribution is -2.15. The summed E-state index contributed by atoms with van der Waals surface area (Å²) in [5.41, 5.74) is 6.86. The van der Waals surface area contributed by atoms with Crippen LogP contribution in [0.4, 0.5) is 11.4 Å². The van der Waals surface area contributed by atoms with Crippen LogP contribution in [-0.4, -0.2) is 26.2 Å². The Morgan fingerprint density at radius 3 is 2.79 bits per heavy atom. The van der Waals surface area contributed by atoms with E-state index in [1.165, 1.54) is 7.11 Å². The van der Waals surface area contributed by atoms with Crippen LogP contribution in [-0.2, 0) is 9.53 Å². The Hall–Kier alpha value is -1.75. The highest BCUT2D eigenvalue weighted by molar-refractivity contribution is 5.92. The van der Waals surface area contributed by atoms with Crippen molar-refractivity contribution in [2.45, 2.75) is 20.3 Å². The highest BCUT2D eigenvalue weighted by atomic mass is 16.5. The lowest BCUT2D eigenvalue weighted by molar-refractivity contribution is -0.117. The van der Waals surface area contributed by atoms with Gasteiger partial charge in [-0.05, 0) is 18.1 Å². The monoisotopic (exact) mass is 266 g/mol. The summed E-state index contributed by atoms with van der Waals surface area (Å²) in [6.45, 7) is 5.22. The predicted molar refractivity (Wildman–Crippen MR) is 76.3 cm³/mol. The summed E-state index contributed by atoms with van der Waals surface area (Å²) in [4.78, 5) is 11.7. The van der Waals surface area contributed by atoms with Crippen LogP contribution in [0.5, 0.6) is 5.75 Å². The minimum absolute atomic E-state index is 0.105. The molecule has 0 aliphatic carbocycles. The van der Waals surface area contributed by atoms with Crippen LogP contribution in [0.2, 0.25) is 0 Å². The molecule has 1 aromatic carbocycles. The molecule has 0 aliphatic rings. The Kier molecular flexibility index (Phi) is 6.15. The number of carbonyl (C=O) groups excluding carboxylic acids is 1. The fourth-order valence-corrected chi connectivity index (χ4v) is 1.51. The van der Waals surface area contributed by atoms with Gasteiger partial charge < -0.3 is 20.5 Å². The van der Waals surface area contributed by atoms with Crippen molar-refractivity contribution in [2.75, 3.05) is 31.4 Å². The molecule has 0 aromatic heterocycles. The number of hydrogen-bond donors (Lipinski definition) is 2. The molecule has 0 fully saturated rings. The second-order valence-corrected chi connectivity index (χ2v) is 4.73. The number of carbonyl (C=O) groups is 1. The van der Waals surface area contributed by atoms with Gasteiger partial charge in [0.05, 0.1) is 25.8 Å². The van der Waals surface area contributed by atoms with E-state index in [4.69, 9.17) is 15.2 Å². The van der Waals surface area contributed by atoms with E-state index in [1.807, 2.05) is 0 Å². The van der Waals surface area contributed by atoms with Gasteiger partial charge in [-0.25, -0.2) is 0 Å². The Morgan fingerprint density at radius 1 is 1.42 bits per heavy atom. The van der Waals surface area contributed by atoms with E-state index >= 15 is 0 Å². The van der Waals surface area contributed by atoms with Gasteiger partial charge in [0.25, 0.3) is 0 Å².